The van der Waals surface area contributed by atoms with Crippen molar-refractivity contribution in [1.29, 1.82) is 0 Å². The summed E-state index contributed by atoms with van der Waals surface area (Å²) in [6.45, 7) is 1.43. The van der Waals surface area contributed by atoms with Gasteiger partial charge in [0.2, 0.25) is 5.91 Å². The van der Waals surface area contributed by atoms with Gasteiger partial charge in [0.15, 0.2) is 0 Å². The molecule has 1 aliphatic carbocycles. The maximum Gasteiger partial charge on any atom is 0.254 e. The Balaban J connectivity index is 1.48. The SMILES string of the molecule is Cn1ccnc1-c1cccc(C(=O)N2CCN(C3CCCC3)C(=O)C2)c1. The third-order valence-electron chi connectivity index (χ3n) is 5.50. The van der Waals surface area contributed by atoms with E-state index in [1.807, 2.05) is 47.0 Å². The first-order chi connectivity index (χ1) is 12.6. The highest BCUT2D eigenvalue weighted by Gasteiger charge is 2.33. The van der Waals surface area contributed by atoms with Gasteiger partial charge in [-0.2, -0.15) is 0 Å². The monoisotopic (exact) mass is 352 g/mol. The first-order valence-corrected chi connectivity index (χ1v) is 9.30. The smallest absolute Gasteiger partial charge is 0.254 e. The summed E-state index contributed by atoms with van der Waals surface area (Å²) in [6.07, 6.45) is 8.24. The van der Waals surface area contributed by atoms with Gasteiger partial charge in [0, 0.05) is 49.7 Å². The molecule has 0 spiro atoms. The van der Waals surface area contributed by atoms with Crippen molar-refractivity contribution in [2.45, 2.75) is 31.7 Å². The zero-order valence-electron chi connectivity index (χ0n) is 15.1. The van der Waals surface area contributed by atoms with Gasteiger partial charge < -0.3 is 14.4 Å². The number of hydrogen-bond donors (Lipinski definition) is 0. The Morgan fingerprint density at radius 3 is 2.69 bits per heavy atom. The van der Waals surface area contributed by atoms with Crippen molar-refractivity contribution in [3.8, 4) is 11.4 Å². The van der Waals surface area contributed by atoms with E-state index in [1.165, 1.54) is 12.8 Å². The Labute approximate surface area is 153 Å². The Morgan fingerprint density at radius 2 is 2.00 bits per heavy atom. The average Bonchev–Trinajstić information content (AvgIpc) is 3.33. The minimum atomic E-state index is -0.0829. The number of hydrogen-bond acceptors (Lipinski definition) is 3. The van der Waals surface area contributed by atoms with Crippen LogP contribution in [0.3, 0.4) is 0 Å². The van der Waals surface area contributed by atoms with E-state index in [0.717, 1.165) is 24.2 Å². The molecule has 2 aromatic rings. The Bertz CT molecular complexity index is 823. The van der Waals surface area contributed by atoms with Crippen LogP contribution < -0.4 is 0 Å². The van der Waals surface area contributed by atoms with E-state index in [9.17, 15) is 9.59 Å². The van der Waals surface area contributed by atoms with Gasteiger partial charge in [0.25, 0.3) is 5.91 Å². The molecule has 1 aromatic heterocycles. The summed E-state index contributed by atoms with van der Waals surface area (Å²) in [4.78, 5) is 33.5. The number of nitrogens with zero attached hydrogens (tertiary/aromatic N) is 4. The van der Waals surface area contributed by atoms with Crippen LogP contribution in [-0.2, 0) is 11.8 Å². The molecule has 2 fully saturated rings. The minimum absolute atomic E-state index is 0.0803. The Hall–Kier alpha value is -2.63. The number of imidazole rings is 1. The van der Waals surface area contributed by atoms with Crippen molar-refractivity contribution in [3.63, 3.8) is 0 Å². The van der Waals surface area contributed by atoms with Crippen molar-refractivity contribution >= 4 is 11.8 Å². The standard InChI is InChI=1S/C20H24N4O2/c1-22-10-9-21-19(22)15-5-4-6-16(13-15)20(26)23-11-12-24(18(25)14-23)17-7-2-3-8-17/h4-6,9-10,13,17H,2-3,7-8,11-12,14H2,1H3. The summed E-state index contributed by atoms with van der Waals surface area (Å²) in [5.41, 5.74) is 1.51. The molecular weight excluding hydrogens is 328 g/mol. The van der Waals surface area contributed by atoms with Crippen LogP contribution in [0.5, 0.6) is 0 Å². The summed E-state index contributed by atoms with van der Waals surface area (Å²) in [6, 6.07) is 7.86. The number of aromatic nitrogens is 2. The normalized spacial score (nSPS) is 18.6. The molecule has 6 nitrogen and oxygen atoms in total. The number of carbonyl (C=O) groups is 2. The van der Waals surface area contributed by atoms with Gasteiger partial charge in [-0.1, -0.05) is 25.0 Å². The molecule has 0 unspecified atom stereocenters. The Morgan fingerprint density at radius 1 is 1.19 bits per heavy atom. The largest absolute Gasteiger partial charge is 0.336 e. The van der Waals surface area contributed by atoms with Crippen LogP contribution in [0.1, 0.15) is 36.0 Å². The molecule has 0 atom stereocenters. The highest BCUT2D eigenvalue weighted by Crippen LogP contribution is 2.25. The molecule has 2 aliphatic rings. The van der Waals surface area contributed by atoms with Gasteiger partial charge in [-0.05, 0) is 25.0 Å². The van der Waals surface area contributed by atoms with Crippen molar-refractivity contribution in [3.05, 3.63) is 42.2 Å². The van der Waals surface area contributed by atoms with Gasteiger partial charge in [-0.25, -0.2) is 4.98 Å². The first-order valence-electron chi connectivity index (χ1n) is 9.30. The lowest BCUT2D eigenvalue weighted by atomic mass is 10.1. The zero-order valence-corrected chi connectivity index (χ0v) is 15.1. The Kier molecular flexibility index (Phi) is 4.49. The molecule has 0 radical (unpaired) electrons. The summed E-state index contributed by atoms with van der Waals surface area (Å²) in [5.74, 6) is 0.819. The third-order valence-corrected chi connectivity index (χ3v) is 5.50. The molecule has 0 N–H and O–H groups in total. The second kappa shape index (κ2) is 6.94. The molecule has 26 heavy (non-hydrogen) atoms. The number of piperazine rings is 1. The molecule has 6 heteroatoms. The van der Waals surface area contributed by atoms with Crippen LogP contribution in [0.2, 0.25) is 0 Å². The molecule has 1 saturated carbocycles. The minimum Gasteiger partial charge on any atom is -0.336 e. The van der Waals surface area contributed by atoms with Gasteiger partial charge in [0.1, 0.15) is 12.4 Å². The fourth-order valence-electron chi connectivity index (χ4n) is 4.08. The average molecular weight is 352 g/mol. The molecule has 1 saturated heterocycles. The summed E-state index contributed by atoms with van der Waals surface area (Å²) < 4.78 is 1.92. The first kappa shape index (κ1) is 16.8. The number of carbonyl (C=O) groups excluding carboxylic acids is 2. The van der Waals surface area contributed by atoms with Crippen molar-refractivity contribution in [2.75, 3.05) is 19.6 Å². The van der Waals surface area contributed by atoms with E-state index < -0.39 is 0 Å². The number of amides is 2. The van der Waals surface area contributed by atoms with Crippen molar-refractivity contribution < 1.29 is 9.59 Å². The van der Waals surface area contributed by atoms with Crippen LogP contribution in [0.25, 0.3) is 11.4 Å². The second-order valence-corrected chi connectivity index (χ2v) is 7.19. The van der Waals surface area contributed by atoms with E-state index in [0.29, 0.717) is 24.7 Å². The molecule has 2 amide bonds. The highest BCUT2D eigenvalue weighted by atomic mass is 16.2. The molecule has 1 aromatic carbocycles. The van der Waals surface area contributed by atoms with Crippen molar-refractivity contribution in [1.82, 2.24) is 19.4 Å². The quantitative estimate of drug-likeness (QED) is 0.852. The number of rotatable bonds is 3. The van der Waals surface area contributed by atoms with E-state index in [4.69, 9.17) is 0 Å². The zero-order chi connectivity index (χ0) is 18.1. The van der Waals surface area contributed by atoms with Crippen LogP contribution in [0, 0.1) is 0 Å². The van der Waals surface area contributed by atoms with Crippen LogP contribution in [0.15, 0.2) is 36.7 Å². The highest BCUT2D eigenvalue weighted by molar-refractivity contribution is 5.98. The lowest BCUT2D eigenvalue weighted by molar-refractivity contribution is -0.137. The number of benzene rings is 1. The van der Waals surface area contributed by atoms with Gasteiger partial charge in [0.05, 0.1) is 0 Å². The van der Waals surface area contributed by atoms with E-state index in [2.05, 4.69) is 4.98 Å². The molecule has 2 heterocycles. The second-order valence-electron chi connectivity index (χ2n) is 7.19. The predicted molar refractivity (Wildman–Crippen MR) is 98.5 cm³/mol. The number of aryl methyl sites for hydroxylation is 1. The maximum absolute atomic E-state index is 12.9. The maximum atomic E-state index is 12.9. The fourth-order valence-corrected chi connectivity index (χ4v) is 4.08. The van der Waals surface area contributed by atoms with Crippen LogP contribution >= 0.6 is 0 Å². The topological polar surface area (TPSA) is 58.4 Å². The van der Waals surface area contributed by atoms with Crippen LogP contribution in [0.4, 0.5) is 0 Å². The lowest BCUT2D eigenvalue weighted by Gasteiger charge is -2.37. The van der Waals surface area contributed by atoms with Crippen LogP contribution in [-0.4, -0.2) is 56.8 Å². The molecule has 0 bridgehead atoms. The lowest BCUT2D eigenvalue weighted by Crippen LogP contribution is -2.54. The third kappa shape index (κ3) is 3.11. The van der Waals surface area contributed by atoms with Gasteiger partial charge in [-0.15, -0.1) is 0 Å². The van der Waals surface area contributed by atoms with Gasteiger partial charge in [-0.3, -0.25) is 9.59 Å². The molecule has 136 valence electrons. The van der Waals surface area contributed by atoms with E-state index in [-0.39, 0.29) is 18.4 Å². The molecule has 4 rings (SSSR count). The van der Waals surface area contributed by atoms with E-state index in [1.54, 1.807) is 11.1 Å². The molecular formula is C20H24N4O2. The van der Waals surface area contributed by atoms with Crippen molar-refractivity contribution in [2.24, 2.45) is 7.05 Å². The fraction of sp³-hybridized carbons (Fsp3) is 0.450. The predicted octanol–water partition coefficient (Wildman–Crippen LogP) is 2.31. The summed E-state index contributed by atoms with van der Waals surface area (Å²) >= 11 is 0. The van der Waals surface area contributed by atoms with Gasteiger partial charge >= 0.3 is 0 Å². The summed E-state index contributed by atoms with van der Waals surface area (Å²) in [7, 11) is 1.93. The van der Waals surface area contributed by atoms with E-state index >= 15 is 0 Å². The molecule has 1 aliphatic heterocycles. The summed E-state index contributed by atoms with van der Waals surface area (Å²) in [5, 5.41) is 0.